The third kappa shape index (κ3) is 23.5. The normalized spacial score (nSPS) is 39.8. The maximum Gasteiger partial charge on any atom is 0.220 e. The molecule has 0 radical (unpaired) electrons. The Balaban J connectivity index is 1.16. The van der Waals surface area contributed by atoms with E-state index >= 15 is 0 Å². The lowest BCUT2D eigenvalue weighted by molar-refractivity contribution is -0.366. The van der Waals surface area contributed by atoms with Crippen LogP contribution in [-0.4, -0.2) is 320 Å². The second-order valence-corrected chi connectivity index (χ2v) is 26.3. The van der Waals surface area contributed by atoms with E-state index in [0.29, 0.717) is 6.42 Å². The molecule has 0 aliphatic carbocycles. The smallest absolute Gasteiger partial charge is 0.220 e. The van der Waals surface area contributed by atoms with Gasteiger partial charge in [-0.25, -0.2) is 0 Å². The summed E-state index contributed by atoms with van der Waals surface area (Å²) in [5.41, 5.74) is 0. The molecular formula is C64H111N5O30. The van der Waals surface area contributed by atoms with Crippen LogP contribution in [0.15, 0.2) is 12.2 Å². The standard InChI is InChI=1S/C64H111N5O30/c1-8-9-10-11-12-13-14-15-16-17-18-19-20-21-22-23-42(79)69-35-24-36(78)48(81)37(25-70)92-60(35)96-54-38(26-71)93-61(44(50(54)83)66-32(4)75)97-55-39(27-72)94-62(45(51(55)84)67-33(5)76)98-56-40(28-73)95-63(46(52(56)85)68-34(6)77)99-57-41(91-59(87)43(49(57)82)65-31(3)74)29-89-64-58(88-7)53(86)47(80)30(2)90-64/h13-14,30,35-41,43-64,70-73,78,80-87H,8-12,15-29H2,1-7H3,(H,65,74)(H,66,75)(H,67,76)(H,68,77)(H,69,79)/b14-13-/t30?,35?,36?,37?,38?,39?,40?,41?,43?,44?,45?,46?,47-,48+,49?,50?,51?,52?,53?,54-,55-,56-,57-,58?,59-,60+,61+,62+,63+,64-/m1/s1. The molecule has 6 fully saturated rings. The van der Waals surface area contributed by atoms with Gasteiger partial charge in [0.05, 0.1) is 51.3 Å². The van der Waals surface area contributed by atoms with E-state index in [2.05, 4.69) is 45.7 Å². The average Bonchev–Trinajstić information content (AvgIpc) is 0.993. The number of ether oxygens (including phenoxy) is 12. The first-order valence-electron chi connectivity index (χ1n) is 34.5. The fourth-order valence-corrected chi connectivity index (χ4v) is 13.2. The number of amides is 5. The third-order valence-electron chi connectivity index (χ3n) is 18.5. The van der Waals surface area contributed by atoms with Crippen molar-refractivity contribution in [2.24, 2.45) is 0 Å². The summed E-state index contributed by atoms with van der Waals surface area (Å²) >= 11 is 0. The molecule has 6 aliphatic heterocycles. The number of allylic oxidation sites excluding steroid dienone is 2. The molecule has 5 amide bonds. The molecule has 0 aromatic heterocycles. The molecule has 0 aromatic carbocycles. The van der Waals surface area contributed by atoms with E-state index in [1.54, 1.807) is 0 Å². The van der Waals surface area contributed by atoms with Crippen LogP contribution in [0, 0.1) is 0 Å². The van der Waals surface area contributed by atoms with E-state index in [1.165, 1.54) is 39.7 Å². The van der Waals surface area contributed by atoms with Crippen molar-refractivity contribution in [1.29, 1.82) is 0 Å². The highest BCUT2D eigenvalue weighted by Crippen LogP contribution is 2.37. The molecule has 35 nitrogen and oxygen atoms in total. The number of nitrogens with one attached hydrogen (secondary N) is 5. The molecule has 0 saturated carbocycles. The van der Waals surface area contributed by atoms with Crippen LogP contribution < -0.4 is 26.6 Å². The summed E-state index contributed by atoms with van der Waals surface area (Å²) in [6, 6.07) is -8.04. The first-order valence-corrected chi connectivity index (χ1v) is 34.5. The van der Waals surface area contributed by atoms with Crippen molar-refractivity contribution in [3.05, 3.63) is 12.2 Å². The topological polar surface area (TPSA) is 519 Å². The largest absolute Gasteiger partial charge is 0.394 e. The highest BCUT2D eigenvalue weighted by atomic mass is 16.8. The zero-order chi connectivity index (χ0) is 72.8. The maximum absolute atomic E-state index is 13.5. The Morgan fingerprint density at radius 2 is 0.818 bits per heavy atom. The quantitative estimate of drug-likeness (QED) is 0.0206. The van der Waals surface area contributed by atoms with Gasteiger partial charge in [-0.2, -0.15) is 0 Å². The molecule has 18 unspecified atom stereocenters. The van der Waals surface area contributed by atoms with E-state index in [1.807, 2.05) is 0 Å². The number of methoxy groups -OCH3 is 1. The van der Waals surface area contributed by atoms with Crippen LogP contribution in [0.25, 0.3) is 0 Å². The summed E-state index contributed by atoms with van der Waals surface area (Å²) in [6.45, 7) is 3.41. The van der Waals surface area contributed by atoms with Crippen molar-refractivity contribution in [2.75, 3.05) is 40.1 Å². The maximum atomic E-state index is 13.5. The number of rotatable bonds is 36. The Bertz CT molecular complexity index is 2470. The fraction of sp³-hybridized carbons (Fsp3) is 0.891. The summed E-state index contributed by atoms with van der Waals surface area (Å²) in [5.74, 6) is -3.61. The summed E-state index contributed by atoms with van der Waals surface area (Å²) in [5, 5.41) is 158. The molecule has 0 bridgehead atoms. The molecular weight excluding hydrogens is 1320 g/mol. The van der Waals surface area contributed by atoms with Gasteiger partial charge >= 0.3 is 0 Å². The number of carbonyl (C=O) groups excluding carboxylic acids is 5. The second-order valence-electron chi connectivity index (χ2n) is 26.3. The number of aliphatic hydroxyl groups is 13. The lowest BCUT2D eigenvalue weighted by atomic mass is 9.93. The first kappa shape index (κ1) is 84.0. The number of carbonyl (C=O) groups is 5. The molecule has 18 N–H and O–H groups in total. The number of unbranched alkanes of at least 4 members (excludes halogenated alkanes) is 11. The predicted octanol–water partition coefficient (Wildman–Crippen LogP) is -5.29. The Morgan fingerprint density at radius 3 is 1.25 bits per heavy atom. The van der Waals surface area contributed by atoms with Crippen LogP contribution in [0.4, 0.5) is 0 Å². The van der Waals surface area contributed by atoms with Gasteiger partial charge in [-0.05, 0) is 39.0 Å². The lowest BCUT2D eigenvalue weighted by Crippen LogP contribution is -2.72. The summed E-state index contributed by atoms with van der Waals surface area (Å²) < 4.78 is 72.3. The van der Waals surface area contributed by atoms with E-state index in [0.717, 1.165) is 79.1 Å². The van der Waals surface area contributed by atoms with Gasteiger partial charge in [0, 0.05) is 47.6 Å². The van der Waals surface area contributed by atoms with Crippen LogP contribution in [0.5, 0.6) is 0 Å². The highest BCUT2D eigenvalue weighted by molar-refractivity contribution is 5.76. The average molecular weight is 1430 g/mol. The summed E-state index contributed by atoms with van der Waals surface area (Å²) in [4.78, 5) is 64.7. The van der Waals surface area contributed by atoms with Gasteiger partial charge in [0.15, 0.2) is 37.7 Å². The molecule has 6 heterocycles. The van der Waals surface area contributed by atoms with Crippen LogP contribution >= 0.6 is 0 Å². The minimum Gasteiger partial charge on any atom is -0.394 e. The second kappa shape index (κ2) is 41.5. The van der Waals surface area contributed by atoms with E-state index in [-0.39, 0.29) is 12.8 Å². The number of hydrogen-bond acceptors (Lipinski definition) is 30. The van der Waals surface area contributed by atoms with Gasteiger partial charge in [-0.1, -0.05) is 70.4 Å². The van der Waals surface area contributed by atoms with Crippen LogP contribution in [-0.2, 0) is 80.8 Å². The Hall–Kier alpha value is -3.91. The molecule has 6 aliphatic rings. The van der Waals surface area contributed by atoms with Crippen LogP contribution in [0.1, 0.15) is 138 Å². The molecule has 572 valence electrons. The van der Waals surface area contributed by atoms with Crippen LogP contribution in [0.3, 0.4) is 0 Å². The number of hydrogen-bond donors (Lipinski definition) is 18. The highest BCUT2D eigenvalue weighted by Gasteiger charge is 2.58. The molecule has 30 atom stereocenters. The summed E-state index contributed by atoms with van der Waals surface area (Å²) in [6.07, 6.45) is -24.5. The van der Waals surface area contributed by atoms with E-state index in [4.69, 9.17) is 56.8 Å². The van der Waals surface area contributed by atoms with Gasteiger partial charge in [0.1, 0.15) is 128 Å². The van der Waals surface area contributed by atoms with Crippen molar-refractivity contribution in [2.45, 2.75) is 322 Å². The van der Waals surface area contributed by atoms with Gasteiger partial charge in [-0.15, -0.1) is 0 Å². The Morgan fingerprint density at radius 1 is 0.424 bits per heavy atom. The molecule has 6 rings (SSSR count). The summed E-state index contributed by atoms with van der Waals surface area (Å²) in [7, 11) is 1.21. The minimum atomic E-state index is -2.04. The van der Waals surface area contributed by atoms with Crippen molar-refractivity contribution in [1.82, 2.24) is 26.6 Å². The minimum absolute atomic E-state index is 0.0683. The third-order valence-corrected chi connectivity index (χ3v) is 18.5. The monoisotopic (exact) mass is 1430 g/mol. The van der Waals surface area contributed by atoms with E-state index in [9.17, 15) is 90.4 Å². The lowest BCUT2D eigenvalue weighted by Gasteiger charge is -2.51. The zero-order valence-electron chi connectivity index (χ0n) is 57.4. The Kier molecular flexibility index (Phi) is 35.3. The SMILES string of the molecule is CCCCCC/C=C\CCCCCCCCCC(=O)NC1CC(O)[C@H](O)C(CO)O[C@H]1O[C@@H]1C(CO)O[C@@H](O[C@@H]2C(CO)O[C@@H](O[C@@H]3C(CO)O[C@@H](O[C@@H]4C(CO[C@@H]5OC(C)[C@@H](O)C(O)C5OC)O[C@@H](O)C(NC(C)=O)C4O)C(NC(C)=O)C3O)C(NC(C)=O)C2O)C(NC(C)=O)C1O. The first-order chi connectivity index (χ1) is 47.2. The molecule has 6 saturated heterocycles. The number of aliphatic hydroxyl groups excluding tert-OH is 13. The Labute approximate surface area is 575 Å². The fourth-order valence-electron chi connectivity index (χ4n) is 13.2. The zero-order valence-corrected chi connectivity index (χ0v) is 57.4. The molecule has 0 spiro atoms. The van der Waals surface area contributed by atoms with Crippen molar-refractivity contribution < 1.29 is 147 Å². The van der Waals surface area contributed by atoms with Gasteiger partial charge < -0.3 is 150 Å². The van der Waals surface area contributed by atoms with Crippen molar-refractivity contribution in [3.8, 4) is 0 Å². The van der Waals surface area contributed by atoms with Gasteiger partial charge in [-0.3, -0.25) is 24.0 Å². The molecule has 99 heavy (non-hydrogen) atoms. The van der Waals surface area contributed by atoms with Crippen molar-refractivity contribution >= 4 is 29.5 Å². The molecule has 0 aromatic rings. The van der Waals surface area contributed by atoms with Gasteiger partial charge in [0.25, 0.3) is 0 Å². The van der Waals surface area contributed by atoms with E-state index < -0.39 is 246 Å². The predicted molar refractivity (Wildman–Crippen MR) is 339 cm³/mol. The van der Waals surface area contributed by atoms with Crippen LogP contribution in [0.2, 0.25) is 0 Å². The van der Waals surface area contributed by atoms with Gasteiger partial charge in [0.2, 0.25) is 29.5 Å². The molecule has 35 heteroatoms. The van der Waals surface area contributed by atoms with Crippen molar-refractivity contribution in [3.63, 3.8) is 0 Å².